The van der Waals surface area contributed by atoms with Crippen LogP contribution in [0.1, 0.15) is 15.9 Å². The molecular formula is C13H11ClN2O2. The minimum atomic E-state index is -0.475. The van der Waals surface area contributed by atoms with E-state index in [0.29, 0.717) is 17.3 Å². The molecule has 4 nitrogen and oxygen atoms in total. The summed E-state index contributed by atoms with van der Waals surface area (Å²) in [5.74, 6) is -0.475. The summed E-state index contributed by atoms with van der Waals surface area (Å²) >= 11 is 5.95. The highest BCUT2D eigenvalue weighted by molar-refractivity contribution is 6.29. The minimum absolute atomic E-state index is 0.165. The summed E-state index contributed by atoms with van der Waals surface area (Å²) in [6, 6.07) is 11.5. The number of carbonyl (C=O) groups excluding carboxylic acids is 1. The molecule has 0 spiro atoms. The Hall–Kier alpha value is -2.07. The normalized spacial score (nSPS) is 10.3. The molecule has 0 fully saturated rings. The number of nitrogens with two attached hydrogens (primary N) is 1. The summed E-state index contributed by atoms with van der Waals surface area (Å²) in [6.45, 7) is 0.359. The maximum atomic E-state index is 11.6. The van der Waals surface area contributed by atoms with E-state index in [1.807, 2.05) is 0 Å². The number of nitrogens with zero attached hydrogens (tertiary/aromatic N) is 1. The largest absolute Gasteiger partial charge is 0.366 e. The van der Waals surface area contributed by atoms with Crippen LogP contribution in [0.15, 0.2) is 47.3 Å². The second kappa shape index (κ2) is 5.06. The summed E-state index contributed by atoms with van der Waals surface area (Å²) in [7, 11) is 0. The van der Waals surface area contributed by atoms with Gasteiger partial charge in [-0.3, -0.25) is 14.2 Å². The molecule has 0 unspecified atom stereocenters. The molecule has 18 heavy (non-hydrogen) atoms. The van der Waals surface area contributed by atoms with E-state index >= 15 is 0 Å². The van der Waals surface area contributed by atoms with Gasteiger partial charge in [0.1, 0.15) is 5.15 Å². The highest BCUT2D eigenvalue weighted by Crippen LogP contribution is 2.09. The first-order valence-corrected chi connectivity index (χ1v) is 5.70. The highest BCUT2D eigenvalue weighted by atomic mass is 35.5. The Morgan fingerprint density at radius 1 is 1.17 bits per heavy atom. The van der Waals surface area contributed by atoms with Crippen molar-refractivity contribution in [3.05, 3.63) is 69.1 Å². The van der Waals surface area contributed by atoms with Gasteiger partial charge in [0.15, 0.2) is 0 Å². The van der Waals surface area contributed by atoms with Crippen molar-refractivity contribution < 1.29 is 4.79 Å². The third kappa shape index (κ3) is 2.60. The van der Waals surface area contributed by atoms with Crippen LogP contribution in [0.3, 0.4) is 0 Å². The van der Waals surface area contributed by atoms with Gasteiger partial charge in [-0.25, -0.2) is 0 Å². The van der Waals surface area contributed by atoms with Crippen LogP contribution in [0.5, 0.6) is 0 Å². The Morgan fingerprint density at radius 2 is 1.83 bits per heavy atom. The van der Waals surface area contributed by atoms with Crippen LogP contribution in [0, 0.1) is 0 Å². The number of amides is 1. The van der Waals surface area contributed by atoms with Crippen LogP contribution >= 0.6 is 11.6 Å². The summed E-state index contributed by atoms with van der Waals surface area (Å²) in [5, 5.41) is 0.376. The van der Waals surface area contributed by atoms with Crippen LogP contribution < -0.4 is 11.3 Å². The SMILES string of the molecule is NC(=O)c1ccc(Cn2c(Cl)cccc2=O)cc1. The molecule has 0 aliphatic rings. The van der Waals surface area contributed by atoms with Crippen LogP contribution in [0.4, 0.5) is 0 Å². The first-order chi connectivity index (χ1) is 8.58. The van der Waals surface area contributed by atoms with Crippen molar-refractivity contribution in [1.82, 2.24) is 4.57 Å². The lowest BCUT2D eigenvalue weighted by atomic mass is 10.1. The zero-order chi connectivity index (χ0) is 13.1. The second-order valence-electron chi connectivity index (χ2n) is 3.83. The lowest BCUT2D eigenvalue weighted by molar-refractivity contribution is 0.100. The molecule has 1 amide bonds. The number of benzene rings is 1. The van der Waals surface area contributed by atoms with E-state index in [2.05, 4.69) is 0 Å². The molecule has 1 aromatic heterocycles. The fourth-order valence-corrected chi connectivity index (χ4v) is 1.82. The first-order valence-electron chi connectivity index (χ1n) is 5.32. The standard InChI is InChI=1S/C13H11ClN2O2/c14-11-2-1-3-12(17)16(11)8-9-4-6-10(7-5-9)13(15)18/h1-7H,8H2,(H2,15,18). The molecule has 5 heteroatoms. The summed E-state index contributed by atoms with van der Waals surface area (Å²) in [6.07, 6.45) is 0. The van der Waals surface area contributed by atoms with Crippen molar-refractivity contribution in [2.75, 3.05) is 0 Å². The molecule has 0 saturated carbocycles. The zero-order valence-electron chi connectivity index (χ0n) is 9.47. The predicted octanol–water partition coefficient (Wildman–Crippen LogP) is 1.65. The molecule has 0 radical (unpaired) electrons. The number of hydrogen-bond acceptors (Lipinski definition) is 2. The molecule has 2 aromatic rings. The van der Waals surface area contributed by atoms with E-state index in [0.717, 1.165) is 5.56 Å². The van der Waals surface area contributed by atoms with Crippen molar-refractivity contribution >= 4 is 17.5 Å². The summed E-state index contributed by atoms with van der Waals surface area (Å²) in [4.78, 5) is 22.5. The Labute approximate surface area is 109 Å². The smallest absolute Gasteiger partial charge is 0.251 e. The number of carbonyl (C=O) groups is 1. The van der Waals surface area contributed by atoms with E-state index in [-0.39, 0.29) is 5.56 Å². The van der Waals surface area contributed by atoms with Crippen LogP contribution in [0.25, 0.3) is 0 Å². The van der Waals surface area contributed by atoms with Crippen molar-refractivity contribution in [3.63, 3.8) is 0 Å². The van der Waals surface area contributed by atoms with Crippen LogP contribution in [-0.4, -0.2) is 10.5 Å². The molecule has 0 aliphatic carbocycles. The molecule has 0 bridgehead atoms. The van der Waals surface area contributed by atoms with E-state index in [4.69, 9.17) is 17.3 Å². The maximum Gasteiger partial charge on any atom is 0.251 e. The monoisotopic (exact) mass is 262 g/mol. The van der Waals surface area contributed by atoms with Crippen LogP contribution in [0.2, 0.25) is 5.15 Å². The minimum Gasteiger partial charge on any atom is -0.366 e. The number of rotatable bonds is 3. The van der Waals surface area contributed by atoms with Crippen molar-refractivity contribution in [2.24, 2.45) is 5.73 Å². The first kappa shape index (κ1) is 12.4. The zero-order valence-corrected chi connectivity index (χ0v) is 10.2. The Balaban J connectivity index is 2.29. The topological polar surface area (TPSA) is 65.1 Å². The van der Waals surface area contributed by atoms with Gasteiger partial charge >= 0.3 is 0 Å². The van der Waals surface area contributed by atoms with Gasteiger partial charge in [-0.1, -0.05) is 29.8 Å². The van der Waals surface area contributed by atoms with E-state index in [1.165, 1.54) is 10.6 Å². The molecule has 1 heterocycles. The third-order valence-corrected chi connectivity index (χ3v) is 2.91. The third-order valence-electron chi connectivity index (χ3n) is 2.58. The van der Waals surface area contributed by atoms with Gasteiger partial charge in [0.2, 0.25) is 5.91 Å². The maximum absolute atomic E-state index is 11.6. The summed E-state index contributed by atoms with van der Waals surface area (Å²) in [5.41, 5.74) is 6.29. The molecule has 2 N–H and O–H groups in total. The Morgan fingerprint density at radius 3 is 2.39 bits per heavy atom. The van der Waals surface area contributed by atoms with Gasteiger partial charge in [-0.05, 0) is 23.8 Å². The number of pyridine rings is 1. The highest BCUT2D eigenvalue weighted by Gasteiger charge is 2.03. The number of primary amides is 1. The number of aromatic nitrogens is 1. The van der Waals surface area contributed by atoms with Crippen LogP contribution in [-0.2, 0) is 6.54 Å². The van der Waals surface area contributed by atoms with Crippen molar-refractivity contribution in [3.8, 4) is 0 Å². The fourth-order valence-electron chi connectivity index (χ4n) is 1.61. The molecule has 0 aliphatic heterocycles. The molecule has 0 saturated heterocycles. The quantitative estimate of drug-likeness (QED) is 0.855. The molecule has 0 atom stereocenters. The Bertz CT molecular complexity index is 632. The van der Waals surface area contributed by atoms with Gasteiger partial charge in [-0.2, -0.15) is 0 Å². The molecule has 1 aromatic carbocycles. The lowest BCUT2D eigenvalue weighted by Gasteiger charge is -2.08. The van der Waals surface area contributed by atoms with E-state index < -0.39 is 5.91 Å². The summed E-state index contributed by atoms with van der Waals surface area (Å²) < 4.78 is 1.45. The molecule has 92 valence electrons. The number of hydrogen-bond donors (Lipinski definition) is 1. The predicted molar refractivity (Wildman–Crippen MR) is 69.8 cm³/mol. The Kier molecular flexibility index (Phi) is 3.48. The fraction of sp³-hybridized carbons (Fsp3) is 0.0769. The molecule has 2 rings (SSSR count). The molecular weight excluding hydrogens is 252 g/mol. The van der Waals surface area contributed by atoms with Gasteiger partial charge in [0.05, 0.1) is 6.54 Å². The second-order valence-corrected chi connectivity index (χ2v) is 4.22. The van der Waals surface area contributed by atoms with Crippen molar-refractivity contribution in [2.45, 2.75) is 6.54 Å². The van der Waals surface area contributed by atoms with E-state index in [9.17, 15) is 9.59 Å². The van der Waals surface area contributed by atoms with Gasteiger partial charge < -0.3 is 5.73 Å². The van der Waals surface area contributed by atoms with Gasteiger partial charge in [0.25, 0.3) is 5.56 Å². The number of halogens is 1. The van der Waals surface area contributed by atoms with Crippen molar-refractivity contribution in [1.29, 1.82) is 0 Å². The van der Waals surface area contributed by atoms with Gasteiger partial charge in [0, 0.05) is 11.6 Å². The van der Waals surface area contributed by atoms with Gasteiger partial charge in [-0.15, -0.1) is 0 Å². The average Bonchev–Trinajstić information content (AvgIpc) is 2.34. The lowest BCUT2D eigenvalue weighted by Crippen LogP contribution is -2.20. The average molecular weight is 263 g/mol. The van der Waals surface area contributed by atoms with E-state index in [1.54, 1.807) is 36.4 Å².